The topological polar surface area (TPSA) is 124 Å². The number of fused-ring (bicyclic) bond motifs is 1. The van der Waals surface area contributed by atoms with Crippen molar-refractivity contribution in [3.63, 3.8) is 0 Å². The van der Waals surface area contributed by atoms with E-state index in [-0.39, 0.29) is 16.9 Å². The Balaban J connectivity index is 1.40. The number of ether oxygens (including phenoxy) is 1. The van der Waals surface area contributed by atoms with Crippen LogP contribution in [0.1, 0.15) is 18.4 Å². The number of hydrogen-bond donors (Lipinski definition) is 2. The number of piperidine rings is 1. The van der Waals surface area contributed by atoms with Crippen LogP contribution in [0.2, 0.25) is 5.02 Å². The van der Waals surface area contributed by atoms with E-state index in [1.807, 2.05) is 18.2 Å². The number of nitrogen functional groups attached to an aromatic ring is 2. The molecule has 1 aliphatic rings. The molecule has 30 heavy (non-hydrogen) atoms. The fourth-order valence-corrected chi connectivity index (χ4v) is 5.22. The van der Waals surface area contributed by atoms with Crippen LogP contribution in [0.15, 0.2) is 47.4 Å². The van der Waals surface area contributed by atoms with Gasteiger partial charge in [0.15, 0.2) is 0 Å². The molecule has 0 aliphatic carbocycles. The third-order valence-electron chi connectivity index (χ3n) is 5.18. The summed E-state index contributed by atoms with van der Waals surface area (Å²) in [5.74, 6) is 0.452. The van der Waals surface area contributed by atoms with E-state index in [0.29, 0.717) is 48.9 Å². The Morgan fingerprint density at radius 2 is 1.77 bits per heavy atom. The van der Waals surface area contributed by atoms with Gasteiger partial charge in [-0.05, 0) is 48.7 Å². The lowest BCUT2D eigenvalue weighted by atomic mass is 10.1. The number of sulfonamides is 1. The monoisotopic (exact) mass is 447 g/mol. The Labute approximate surface area is 179 Å². The third kappa shape index (κ3) is 4.20. The Morgan fingerprint density at radius 3 is 2.47 bits per heavy atom. The number of nitrogens with two attached hydrogens (primary N) is 2. The smallest absolute Gasteiger partial charge is 0.243 e. The predicted molar refractivity (Wildman–Crippen MR) is 116 cm³/mol. The molecule has 2 heterocycles. The molecule has 0 unspecified atom stereocenters. The van der Waals surface area contributed by atoms with Crippen molar-refractivity contribution < 1.29 is 13.2 Å². The number of nitrogens with zero attached hydrogens (tertiary/aromatic N) is 3. The molecule has 0 spiro atoms. The van der Waals surface area contributed by atoms with Gasteiger partial charge in [0.05, 0.1) is 23.1 Å². The van der Waals surface area contributed by atoms with Gasteiger partial charge in [-0.15, -0.1) is 0 Å². The van der Waals surface area contributed by atoms with Gasteiger partial charge in [0.25, 0.3) is 0 Å². The maximum atomic E-state index is 12.8. The first kappa shape index (κ1) is 20.8. The lowest BCUT2D eigenvalue weighted by Gasteiger charge is -2.31. The molecule has 158 valence electrons. The van der Waals surface area contributed by atoms with Crippen molar-refractivity contribution >= 4 is 44.3 Å². The van der Waals surface area contributed by atoms with Crippen molar-refractivity contribution in [2.24, 2.45) is 0 Å². The van der Waals surface area contributed by atoms with Gasteiger partial charge in [-0.2, -0.15) is 9.29 Å². The number of benzene rings is 2. The fraction of sp³-hybridized carbons (Fsp3) is 0.300. The van der Waals surface area contributed by atoms with E-state index in [9.17, 15) is 8.42 Å². The van der Waals surface area contributed by atoms with Gasteiger partial charge in [-0.1, -0.05) is 23.7 Å². The maximum Gasteiger partial charge on any atom is 0.243 e. The van der Waals surface area contributed by atoms with Gasteiger partial charge in [0, 0.05) is 23.5 Å². The normalized spacial score (nSPS) is 16.2. The van der Waals surface area contributed by atoms with Crippen LogP contribution in [0.5, 0.6) is 0 Å². The lowest BCUT2D eigenvalue weighted by Crippen LogP contribution is -2.40. The van der Waals surface area contributed by atoms with Crippen molar-refractivity contribution in [1.29, 1.82) is 0 Å². The van der Waals surface area contributed by atoms with Crippen LogP contribution >= 0.6 is 11.6 Å². The molecule has 4 N–H and O–H groups in total. The van der Waals surface area contributed by atoms with Crippen LogP contribution in [-0.4, -0.2) is 41.9 Å². The van der Waals surface area contributed by atoms with Gasteiger partial charge in [0.1, 0.15) is 5.82 Å². The predicted octanol–water partition coefficient (Wildman–Crippen LogP) is 2.82. The molecule has 8 nitrogen and oxygen atoms in total. The molecule has 0 saturated carbocycles. The minimum absolute atomic E-state index is 0.0483. The van der Waals surface area contributed by atoms with Crippen LogP contribution in [0.25, 0.3) is 10.9 Å². The number of anilines is 2. The summed E-state index contributed by atoms with van der Waals surface area (Å²) in [7, 11) is -3.53. The minimum Gasteiger partial charge on any atom is -0.383 e. The van der Waals surface area contributed by atoms with Gasteiger partial charge in [0.2, 0.25) is 16.0 Å². The number of rotatable bonds is 5. The number of hydrogen-bond acceptors (Lipinski definition) is 7. The second-order valence-corrected chi connectivity index (χ2v) is 9.52. The molecule has 10 heteroatoms. The average Bonchev–Trinajstić information content (AvgIpc) is 2.72. The molecule has 0 atom stereocenters. The maximum absolute atomic E-state index is 12.8. The molecule has 2 aromatic carbocycles. The van der Waals surface area contributed by atoms with Gasteiger partial charge < -0.3 is 16.2 Å². The summed E-state index contributed by atoms with van der Waals surface area (Å²) >= 11 is 5.86. The van der Waals surface area contributed by atoms with E-state index < -0.39 is 10.0 Å². The Bertz CT molecular complexity index is 1160. The molecule has 1 fully saturated rings. The Kier molecular flexibility index (Phi) is 5.79. The van der Waals surface area contributed by atoms with Gasteiger partial charge in [-0.25, -0.2) is 13.4 Å². The Hall–Kier alpha value is -2.46. The van der Waals surface area contributed by atoms with Crippen molar-refractivity contribution in [3.05, 3.63) is 53.1 Å². The molecular formula is C20H22ClN5O3S. The van der Waals surface area contributed by atoms with Crippen LogP contribution in [0.3, 0.4) is 0 Å². The molecule has 0 radical (unpaired) electrons. The van der Waals surface area contributed by atoms with Crippen LogP contribution < -0.4 is 11.5 Å². The van der Waals surface area contributed by atoms with Crippen molar-refractivity contribution in [2.45, 2.75) is 30.4 Å². The fourth-order valence-electron chi connectivity index (χ4n) is 3.63. The highest BCUT2D eigenvalue weighted by molar-refractivity contribution is 7.89. The standard InChI is InChI=1S/C20H22ClN5O3S/c21-14-4-6-16(7-5-14)30(27,28)26-10-8-15(9-11-26)29-12-13-2-1-3-17-18(13)19(22)25-20(23)24-17/h1-7,15H,8-12H2,(H4,22,23,24,25). The molecule has 0 bridgehead atoms. The first-order valence-corrected chi connectivity index (χ1v) is 11.3. The van der Waals surface area contributed by atoms with Crippen LogP contribution in [-0.2, 0) is 21.4 Å². The lowest BCUT2D eigenvalue weighted by molar-refractivity contribution is 0.0107. The summed E-state index contributed by atoms with van der Waals surface area (Å²) < 4.78 is 33.2. The second kappa shape index (κ2) is 8.35. The third-order valence-corrected chi connectivity index (χ3v) is 7.35. The summed E-state index contributed by atoms with van der Waals surface area (Å²) in [4.78, 5) is 8.50. The highest BCUT2D eigenvalue weighted by atomic mass is 35.5. The van der Waals surface area contributed by atoms with Crippen molar-refractivity contribution in [1.82, 2.24) is 14.3 Å². The van der Waals surface area contributed by atoms with Crippen molar-refractivity contribution in [2.75, 3.05) is 24.6 Å². The summed E-state index contributed by atoms with van der Waals surface area (Å²) in [6, 6.07) is 11.8. The average molecular weight is 448 g/mol. The summed E-state index contributed by atoms with van der Waals surface area (Å²) in [6.07, 6.45) is 1.17. The minimum atomic E-state index is -3.53. The van der Waals surface area contributed by atoms with Gasteiger partial charge >= 0.3 is 0 Å². The zero-order valence-electron chi connectivity index (χ0n) is 16.2. The highest BCUT2D eigenvalue weighted by Gasteiger charge is 2.29. The summed E-state index contributed by atoms with van der Waals surface area (Å²) in [5.41, 5.74) is 13.2. The molecule has 1 aromatic heterocycles. The van der Waals surface area contributed by atoms with Crippen molar-refractivity contribution in [3.8, 4) is 0 Å². The van der Waals surface area contributed by atoms with Gasteiger partial charge in [-0.3, -0.25) is 0 Å². The molecule has 1 aliphatic heterocycles. The molecule has 1 saturated heterocycles. The zero-order valence-corrected chi connectivity index (χ0v) is 17.7. The van der Waals surface area contributed by atoms with E-state index in [1.165, 1.54) is 16.4 Å². The largest absolute Gasteiger partial charge is 0.383 e. The van der Waals surface area contributed by atoms with E-state index in [4.69, 9.17) is 27.8 Å². The van der Waals surface area contributed by atoms with E-state index in [2.05, 4.69) is 9.97 Å². The highest BCUT2D eigenvalue weighted by Crippen LogP contribution is 2.27. The number of aromatic nitrogens is 2. The summed E-state index contributed by atoms with van der Waals surface area (Å²) in [6.45, 7) is 1.13. The first-order valence-electron chi connectivity index (χ1n) is 9.52. The zero-order chi connectivity index (χ0) is 21.3. The molecule has 0 amide bonds. The number of halogens is 1. The van der Waals surface area contributed by atoms with E-state index in [1.54, 1.807) is 12.1 Å². The Morgan fingerprint density at radius 1 is 1.07 bits per heavy atom. The van der Waals surface area contributed by atoms with Crippen LogP contribution in [0.4, 0.5) is 11.8 Å². The molecule has 3 aromatic rings. The molecular weight excluding hydrogens is 426 g/mol. The quantitative estimate of drug-likeness (QED) is 0.616. The first-order chi connectivity index (χ1) is 14.3. The second-order valence-electron chi connectivity index (χ2n) is 7.15. The van der Waals surface area contributed by atoms with E-state index >= 15 is 0 Å². The van der Waals surface area contributed by atoms with Crippen LogP contribution in [0, 0.1) is 0 Å². The summed E-state index contributed by atoms with van der Waals surface area (Å²) in [5, 5.41) is 1.23. The SMILES string of the molecule is Nc1nc(N)c2c(COC3CCN(S(=O)(=O)c4ccc(Cl)cc4)CC3)cccc2n1. The van der Waals surface area contributed by atoms with E-state index in [0.717, 1.165) is 10.9 Å². The molecule has 4 rings (SSSR count).